The molecule has 19 heavy (non-hydrogen) atoms. The summed E-state index contributed by atoms with van der Waals surface area (Å²) in [5.74, 6) is -1.41. The normalized spacial score (nSPS) is 12.2. The van der Waals surface area contributed by atoms with Crippen molar-refractivity contribution in [3.05, 3.63) is 29.8 Å². The molecule has 1 aromatic carbocycles. The number of carboxylic acid groups (broad SMARTS) is 2. The van der Waals surface area contributed by atoms with Gasteiger partial charge in [0.1, 0.15) is 5.75 Å². The Morgan fingerprint density at radius 1 is 1.16 bits per heavy atom. The van der Waals surface area contributed by atoms with Crippen LogP contribution in [0.25, 0.3) is 0 Å². The third-order valence-electron chi connectivity index (χ3n) is 2.82. The highest BCUT2D eigenvalue weighted by molar-refractivity contribution is 5.72. The first-order chi connectivity index (χ1) is 8.93. The van der Waals surface area contributed by atoms with Crippen molar-refractivity contribution in [1.29, 1.82) is 0 Å². The lowest BCUT2D eigenvalue weighted by atomic mass is 10.1. The zero-order valence-corrected chi connectivity index (χ0v) is 10.9. The first-order valence-corrected chi connectivity index (χ1v) is 5.75. The molecule has 0 aliphatic heterocycles. The van der Waals surface area contributed by atoms with Gasteiger partial charge >= 0.3 is 11.9 Å². The number of hydrogen-bond donors (Lipinski definition) is 2. The predicted molar refractivity (Wildman–Crippen MR) is 68.3 cm³/mol. The Morgan fingerprint density at radius 3 is 2.00 bits per heavy atom. The van der Waals surface area contributed by atoms with E-state index in [1.54, 1.807) is 38.3 Å². The topological polar surface area (TPSA) is 87.1 Å². The van der Waals surface area contributed by atoms with Crippen molar-refractivity contribution in [3.8, 4) is 5.75 Å². The number of carbonyl (C=O) groups is 2. The second kappa shape index (κ2) is 6.75. The van der Waals surface area contributed by atoms with Crippen LogP contribution in [0.4, 0.5) is 0 Å². The summed E-state index contributed by atoms with van der Waals surface area (Å²) in [7, 11) is 1.56. The molecule has 104 valence electrons. The number of ether oxygens (including phenoxy) is 1. The van der Waals surface area contributed by atoms with Gasteiger partial charge in [0.05, 0.1) is 20.2 Å². The fraction of sp³-hybridized carbons (Fsp3) is 0.385. The van der Waals surface area contributed by atoms with Crippen LogP contribution in [0.1, 0.15) is 18.5 Å². The molecular weight excluding hydrogens is 250 g/mol. The zero-order valence-electron chi connectivity index (χ0n) is 10.9. The van der Waals surface area contributed by atoms with Crippen molar-refractivity contribution in [2.75, 3.05) is 20.2 Å². The van der Waals surface area contributed by atoms with Crippen LogP contribution in [0.15, 0.2) is 24.3 Å². The van der Waals surface area contributed by atoms with Crippen LogP contribution < -0.4 is 4.74 Å². The van der Waals surface area contributed by atoms with E-state index in [1.807, 2.05) is 0 Å². The molecule has 0 fully saturated rings. The van der Waals surface area contributed by atoms with E-state index < -0.39 is 11.9 Å². The van der Waals surface area contributed by atoms with Crippen molar-refractivity contribution < 1.29 is 24.5 Å². The van der Waals surface area contributed by atoms with Crippen molar-refractivity contribution in [1.82, 2.24) is 4.90 Å². The van der Waals surface area contributed by atoms with Gasteiger partial charge in [0.25, 0.3) is 0 Å². The van der Waals surface area contributed by atoms with Crippen LogP contribution in [0.3, 0.4) is 0 Å². The van der Waals surface area contributed by atoms with Gasteiger partial charge in [-0.05, 0) is 24.6 Å². The van der Waals surface area contributed by atoms with Gasteiger partial charge in [0.15, 0.2) is 0 Å². The first kappa shape index (κ1) is 15.0. The lowest BCUT2D eigenvalue weighted by Crippen LogP contribution is -2.36. The summed E-state index contributed by atoms with van der Waals surface area (Å²) in [5, 5.41) is 17.6. The SMILES string of the molecule is COc1ccc([C@@H](C)N(CC(=O)O)CC(=O)O)cc1. The fourth-order valence-electron chi connectivity index (χ4n) is 1.77. The van der Waals surface area contributed by atoms with Gasteiger partial charge in [0, 0.05) is 6.04 Å². The van der Waals surface area contributed by atoms with Crippen LogP contribution in [0.2, 0.25) is 0 Å². The highest BCUT2D eigenvalue weighted by Crippen LogP contribution is 2.22. The first-order valence-electron chi connectivity index (χ1n) is 5.75. The second-order valence-electron chi connectivity index (χ2n) is 4.14. The highest BCUT2D eigenvalue weighted by atomic mass is 16.5. The van der Waals surface area contributed by atoms with Gasteiger partial charge in [-0.15, -0.1) is 0 Å². The summed E-state index contributed by atoms with van der Waals surface area (Å²) in [6, 6.07) is 6.79. The third-order valence-corrected chi connectivity index (χ3v) is 2.82. The molecule has 0 aliphatic carbocycles. The van der Waals surface area contributed by atoms with Gasteiger partial charge in [-0.25, -0.2) is 0 Å². The number of rotatable bonds is 7. The number of carboxylic acids is 2. The molecule has 0 heterocycles. The summed E-state index contributed by atoms with van der Waals surface area (Å²) >= 11 is 0. The van der Waals surface area contributed by atoms with Gasteiger partial charge in [-0.1, -0.05) is 12.1 Å². The van der Waals surface area contributed by atoms with Gasteiger partial charge in [0.2, 0.25) is 0 Å². The Labute approximate surface area is 111 Å². The van der Waals surface area contributed by atoms with Crippen LogP contribution in [-0.4, -0.2) is 47.3 Å². The minimum atomic E-state index is -1.05. The summed E-state index contributed by atoms with van der Waals surface area (Å²) in [6.07, 6.45) is 0. The van der Waals surface area contributed by atoms with Gasteiger partial charge in [-0.2, -0.15) is 0 Å². The third kappa shape index (κ3) is 4.59. The van der Waals surface area contributed by atoms with E-state index in [0.717, 1.165) is 5.56 Å². The van der Waals surface area contributed by atoms with Crippen LogP contribution in [-0.2, 0) is 9.59 Å². The van der Waals surface area contributed by atoms with E-state index in [4.69, 9.17) is 14.9 Å². The average molecular weight is 267 g/mol. The summed E-state index contributed by atoms with van der Waals surface area (Å²) in [6.45, 7) is 1.13. The highest BCUT2D eigenvalue weighted by Gasteiger charge is 2.20. The Bertz CT molecular complexity index is 427. The van der Waals surface area contributed by atoms with E-state index in [1.165, 1.54) is 4.90 Å². The standard InChI is InChI=1S/C13H17NO5/c1-9(10-3-5-11(19-2)6-4-10)14(7-12(15)16)8-13(17)18/h3-6,9H,7-8H2,1-2H3,(H,15,16)(H,17,18)/t9-/m1/s1. The molecule has 6 nitrogen and oxygen atoms in total. The van der Waals surface area contributed by atoms with Crippen molar-refractivity contribution in [2.24, 2.45) is 0 Å². The number of benzene rings is 1. The lowest BCUT2D eigenvalue weighted by molar-refractivity contribution is -0.142. The molecule has 2 N–H and O–H groups in total. The average Bonchev–Trinajstić information content (AvgIpc) is 2.36. The predicted octanol–water partition coefficient (Wildman–Crippen LogP) is 1.23. The molecule has 0 spiro atoms. The van der Waals surface area contributed by atoms with Crippen molar-refractivity contribution >= 4 is 11.9 Å². The second-order valence-corrected chi connectivity index (χ2v) is 4.14. The van der Waals surface area contributed by atoms with Crippen LogP contribution in [0, 0.1) is 0 Å². The largest absolute Gasteiger partial charge is 0.497 e. The molecule has 0 aliphatic rings. The number of nitrogens with zero attached hydrogens (tertiary/aromatic N) is 1. The maximum absolute atomic E-state index is 10.8. The van der Waals surface area contributed by atoms with E-state index >= 15 is 0 Å². The van der Waals surface area contributed by atoms with Gasteiger partial charge < -0.3 is 14.9 Å². The lowest BCUT2D eigenvalue weighted by Gasteiger charge is -2.26. The molecule has 1 aromatic rings. The molecule has 1 rings (SSSR count). The minimum Gasteiger partial charge on any atom is -0.497 e. The van der Waals surface area contributed by atoms with E-state index in [-0.39, 0.29) is 19.1 Å². The van der Waals surface area contributed by atoms with E-state index in [9.17, 15) is 9.59 Å². The number of methoxy groups -OCH3 is 1. The Kier molecular flexibility index (Phi) is 5.32. The fourth-order valence-corrected chi connectivity index (χ4v) is 1.77. The van der Waals surface area contributed by atoms with E-state index in [0.29, 0.717) is 5.75 Å². The molecule has 6 heteroatoms. The van der Waals surface area contributed by atoms with Crippen LogP contribution >= 0.6 is 0 Å². The van der Waals surface area contributed by atoms with Crippen molar-refractivity contribution in [2.45, 2.75) is 13.0 Å². The molecule has 0 amide bonds. The molecule has 0 saturated heterocycles. The Morgan fingerprint density at radius 2 is 1.63 bits per heavy atom. The smallest absolute Gasteiger partial charge is 0.317 e. The quantitative estimate of drug-likeness (QED) is 0.772. The molecule has 1 atom stereocenters. The maximum Gasteiger partial charge on any atom is 0.317 e. The molecular formula is C13H17NO5. The molecule has 0 radical (unpaired) electrons. The zero-order chi connectivity index (χ0) is 14.4. The maximum atomic E-state index is 10.8. The minimum absolute atomic E-state index is 0.307. The molecule has 0 unspecified atom stereocenters. The van der Waals surface area contributed by atoms with Crippen LogP contribution in [0.5, 0.6) is 5.75 Å². The van der Waals surface area contributed by atoms with Crippen molar-refractivity contribution in [3.63, 3.8) is 0 Å². The summed E-state index contributed by atoms with van der Waals surface area (Å²) < 4.78 is 5.04. The van der Waals surface area contributed by atoms with E-state index in [2.05, 4.69) is 0 Å². The monoisotopic (exact) mass is 267 g/mol. The number of aliphatic carboxylic acids is 2. The molecule has 0 saturated carbocycles. The number of hydrogen-bond acceptors (Lipinski definition) is 4. The molecule has 0 bridgehead atoms. The summed E-state index contributed by atoms with van der Waals surface area (Å²) in [4.78, 5) is 22.9. The molecule has 0 aromatic heterocycles. The summed E-state index contributed by atoms with van der Waals surface area (Å²) in [5.41, 5.74) is 0.836. The Hall–Kier alpha value is -2.08. The Balaban J connectivity index is 2.86. The van der Waals surface area contributed by atoms with Gasteiger partial charge in [-0.3, -0.25) is 14.5 Å².